The molecule has 0 aliphatic heterocycles. The Balaban J connectivity index is 2.52. The van der Waals surface area contributed by atoms with Gasteiger partial charge in [-0.3, -0.25) is 4.79 Å². The predicted molar refractivity (Wildman–Crippen MR) is 63.8 cm³/mol. The second kappa shape index (κ2) is 6.49. The van der Waals surface area contributed by atoms with Gasteiger partial charge in [0, 0.05) is 19.3 Å². The number of hydrogen-bond acceptors (Lipinski definition) is 5. The van der Waals surface area contributed by atoms with E-state index >= 15 is 0 Å². The Morgan fingerprint density at radius 3 is 2.67 bits per heavy atom. The highest BCUT2D eigenvalue weighted by Gasteiger charge is 1.92. The number of hydrogen-bond donors (Lipinski definition) is 0. The van der Waals surface area contributed by atoms with E-state index in [9.17, 15) is 4.79 Å². The quantitative estimate of drug-likeness (QED) is 0.447. The molecule has 15 heavy (non-hydrogen) atoms. The molecule has 0 saturated carbocycles. The van der Waals surface area contributed by atoms with E-state index in [0.717, 1.165) is 10.7 Å². The minimum Gasteiger partial charge on any atom is -0.288 e. The molecule has 0 aliphatic rings. The topological polar surface area (TPSA) is 42.9 Å². The first-order valence-electron chi connectivity index (χ1n) is 4.20. The van der Waals surface area contributed by atoms with Gasteiger partial charge in [-0.15, -0.1) is 0 Å². The van der Waals surface area contributed by atoms with Crippen LogP contribution in [0, 0.1) is 11.8 Å². The van der Waals surface area contributed by atoms with E-state index in [1.165, 1.54) is 30.4 Å². The summed E-state index contributed by atoms with van der Waals surface area (Å²) in [5.74, 6) is 6.28. The number of thioether (sulfide) groups is 2. The molecule has 0 aromatic carbocycles. The SMILES string of the molecule is CSc1ncc(C#CCSC(C)=O)cn1. The third-order valence-electron chi connectivity index (χ3n) is 1.39. The fraction of sp³-hybridized carbons (Fsp3) is 0.300. The van der Waals surface area contributed by atoms with Crippen molar-refractivity contribution in [2.45, 2.75) is 12.1 Å². The summed E-state index contributed by atoms with van der Waals surface area (Å²) in [6, 6.07) is 0. The van der Waals surface area contributed by atoms with Crippen molar-refractivity contribution in [3.8, 4) is 11.8 Å². The molecule has 0 spiro atoms. The van der Waals surface area contributed by atoms with Crippen LogP contribution in [-0.4, -0.2) is 27.1 Å². The standard InChI is InChI=1S/C10H10N2OS2/c1-8(13)15-5-3-4-9-6-11-10(14-2)12-7-9/h6-7H,5H2,1-2H3. The predicted octanol–water partition coefficient (Wildman–Crippen LogP) is 1.83. The van der Waals surface area contributed by atoms with E-state index in [4.69, 9.17) is 0 Å². The van der Waals surface area contributed by atoms with Gasteiger partial charge in [0.1, 0.15) is 0 Å². The van der Waals surface area contributed by atoms with Crippen LogP contribution in [-0.2, 0) is 4.79 Å². The van der Waals surface area contributed by atoms with Crippen molar-refractivity contribution < 1.29 is 4.79 Å². The van der Waals surface area contributed by atoms with Gasteiger partial charge in [-0.1, -0.05) is 35.4 Å². The van der Waals surface area contributed by atoms with Gasteiger partial charge in [-0.25, -0.2) is 9.97 Å². The van der Waals surface area contributed by atoms with E-state index < -0.39 is 0 Å². The molecule has 5 heteroatoms. The van der Waals surface area contributed by atoms with Crippen molar-refractivity contribution >= 4 is 28.6 Å². The highest BCUT2D eigenvalue weighted by Crippen LogP contribution is 2.06. The van der Waals surface area contributed by atoms with Crippen molar-refractivity contribution in [2.24, 2.45) is 0 Å². The Bertz CT molecular complexity index is 392. The Kier molecular flexibility index (Phi) is 5.22. The molecule has 0 bridgehead atoms. The van der Waals surface area contributed by atoms with E-state index in [0.29, 0.717) is 5.75 Å². The first kappa shape index (κ1) is 12.1. The summed E-state index contributed by atoms with van der Waals surface area (Å²) in [6.07, 6.45) is 5.29. The van der Waals surface area contributed by atoms with Crippen LogP contribution < -0.4 is 0 Å². The van der Waals surface area contributed by atoms with E-state index in [1.807, 2.05) is 6.26 Å². The second-order valence-corrected chi connectivity index (χ2v) is 4.47. The molecule has 0 atom stereocenters. The highest BCUT2D eigenvalue weighted by atomic mass is 32.2. The van der Waals surface area contributed by atoms with Crippen LogP contribution in [0.5, 0.6) is 0 Å². The molecule has 0 fully saturated rings. The Morgan fingerprint density at radius 1 is 1.47 bits per heavy atom. The first-order chi connectivity index (χ1) is 7.22. The molecule has 78 valence electrons. The van der Waals surface area contributed by atoms with Crippen LogP contribution in [0.1, 0.15) is 12.5 Å². The second-order valence-electron chi connectivity index (χ2n) is 2.54. The lowest BCUT2D eigenvalue weighted by Gasteiger charge is -1.92. The fourth-order valence-corrected chi connectivity index (χ4v) is 1.43. The zero-order valence-electron chi connectivity index (χ0n) is 8.48. The highest BCUT2D eigenvalue weighted by molar-refractivity contribution is 8.13. The van der Waals surface area contributed by atoms with Gasteiger partial charge in [-0.2, -0.15) is 0 Å². The minimum absolute atomic E-state index is 0.0817. The monoisotopic (exact) mass is 238 g/mol. The van der Waals surface area contributed by atoms with Crippen LogP contribution >= 0.6 is 23.5 Å². The van der Waals surface area contributed by atoms with Gasteiger partial charge < -0.3 is 0 Å². The lowest BCUT2D eigenvalue weighted by molar-refractivity contribution is -0.109. The fourth-order valence-electron chi connectivity index (χ4n) is 0.762. The molecule has 0 unspecified atom stereocenters. The summed E-state index contributed by atoms with van der Waals surface area (Å²) in [4.78, 5) is 18.8. The summed E-state index contributed by atoms with van der Waals surface area (Å²) >= 11 is 2.69. The molecule has 3 nitrogen and oxygen atoms in total. The normalized spacial score (nSPS) is 9.20. The van der Waals surface area contributed by atoms with Crippen molar-refractivity contribution in [2.75, 3.05) is 12.0 Å². The summed E-state index contributed by atoms with van der Waals surface area (Å²) in [6.45, 7) is 1.53. The Morgan fingerprint density at radius 2 is 2.13 bits per heavy atom. The van der Waals surface area contributed by atoms with E-state index in [1.54, 1.807) is 12.4 Å². The summed E-state index contributed by atoms with van der Waals surface area (Å²) in [7, 11) is 0. The Labute approximate surface area is 97.5 Å². The average molecular weight is 238 g/mol. The van der Waals surface area contributed by atoms with Crippen LogP contribution in [0.4, 0.5) is 0 Å². The lowest BCUT2D eigenvalue weighted by Crippen LogP contribution is -1.87. The molecular formula is C10H10N2OS2. The van der Waals surface area contributed by atoms with Crippen LogP contribution in [0.25, 0.3) is 0 Å². The molecule has 0 N–H and O–H groups in total. The van der Waals surface area contributed by atoms with Crippen molar-refractivity contribution in [1.29, 1.82) is 0 Å². The van der Waals surface area contributed by atoms with E-state index in [2.05, 4.69) is 21.8 Å². The van der Waals surface area contributed by atoms with E-state index in [-0.39, 0.29) is 5.12 Å². The third-order valence-corrected chi connectivity index (χ3v) is 2.66. The number of rotatable bonds is 2. The summed E-state index contributed by atoms with van der Waals surface area (Å²) < 4.78 is 0. The minimum atomic E-state index is 0.0817. The lowest BCUT2D eigenvalue weighted by atomic mass is 10.3. The van der Waals surface area contributed by atoms with Crippen molar-refractivity contribution in [3.63, 3.8) is 0 Å². The number of carbonyl (C=O) groups is 1. The first-order valence-corrected chi connectivity index (χ1v) is 6.41. The number of aromatic nitrogens is 2. The van der Waals surface area contributed by atoms with Gasteiger partial charge in [0.2, 0.25) is 0 Å². The van der Waals surface area contributed by atoms with Crippen molar-refractivity contribution in [3.05, 3.63) is 18.0 Å². The van der Waals surface area contributed by atoms with Gasteiger partial charge in [0.05, 0.1) is 11.3 Å². The average Bonchev–Trinajstić information content (AvgIpc) is 2.25. The molecule has 1 aromatic heterocycles. The molecule has 0 radical (unpaired) electrons. The van der Waals surface area contributed by atoms with Crippen LogP contribution in [0.15, 0.2) is 17.6 Å². The molecule has 0 saturated heterocycles. The maximum atomic E-state index is 10.6. The Hall–Kier alpha value is -0.990. The van der Waals surface area contributed by atoms with Gasteiger partial charge >= 0.3 is 0 Å². The van der Waals surface area contributed by atoms with Gasteiger partial charge in [0.25, 0.3) is 0 Å². The maximum Gasteiger partial charge on any atom is 0.187 e. The third kappa shape index (κ3) is 4.86. The number of carbonyl (C=O) groups excluding carboxylic acids is 1. The summed E-state index contributed by atoms with van der Waals surface area (Å²) in [5, 5.41) is 0.817. The smallest absolute Gasteiger partial charge is 0.187 e. The molecule has 1 rings (SSSR count). The van der Waals surface area contributed by atoms with Crippen LogP contribution in [0.2, 0.25) is 0 Å². The zero-order valence-corrected chi connectivity index (χ0v) is 10.1. The molecule has 0 aliphatic carbocycles. The van der Waals surface area contributed by atoms with Crippen molar-refractivity contribution in [1.82, 2.24) is 9.97 Å². The van der Waals surface area contributed by atoms with Crippen LogP contribution in [0.3, 0.4) is 0 Å². The number of nitrogens with zero attached hydrogens (tertiary/aromatic N) is 2. The molecule has 1 aromatic rings. The molecular weight excluding hydrogens is 228 g/mol. The largest absolute Gasteiger partial charge is 0.288 e. The maximum absolute atomic E-state index is 10.6. The van der Waals surface area contributed by atoms with Gasteiger partial charge in [-0.05, 0) is 6.26 Å². The molecule has 0 amide bonds. The molecule has 1 heterocycles. The summed E-state index contributed by atoms with van der Waals surface area (Å²) in [5.41, 5.74) is 0.775. The van der Waals surface area contributed by atoms with Gasteiger partial charge in [0.15, 0.2) is 10.3 Å². The zero-order chi connectivity index (χ0) is 11.1.